The first-order valence-corrected chi connectivity index (χ1v) is 8.95. The summed E-state index contributed by atoms with van der Waals surface area (Å²) in [5.74, 6) is -1.04. The van der Waals surface area contributed by atoms with Crippen LogP contribution in [0.1, 0.15) is 36.8 Å². The predicted octanol–water partition coefficient (Wildman–Crippen LogP) is 3.82. The maximum Gasteiger partial charge on any atom is 0.338 e. The third-order valence-electron chi connectivity index (χ3n) is 4.36. The highest BCUT2D eigenvalue weighted by Gasteiger charge is 2.22. The van der Waals surface area contributed by atoms with Crippen molar-refractivity contribution in [2.75, 3.05) is 6.54 Å². The highest BCUT2D eigenvalue weighted by atomic mass is 16.4. The predicted molar refractivity (Wildman–Crippen MR) is 108 cm³/mol. The van der Waals surface area contributed by atoms with Crippen molar-refractivity contribution >= 4 is 16.7 Å². The van der Waals surface area contributed by atoms with Crippen LogP contribution in [0.5, 0.6) is 0 Å². The van der Waals surface area contributed by atoms with Crippen molar-refractivity contribution in [3.63, 3.8) is 0 Å². The Hall–Kier alpha value is -2.92. The average molecular weight is 364 g/mol. The maximum absolute atomic E-state index is 13.2. The SMILES string of the molecule is CC(C)(C)CNCc1c(C(=O)O)c2ccccc2c(=O)n1-c1ccccc1. The largest absolute Gasteiger partial charge is 0.478 e. The van der Waals surface area contributed by atoms with Crippen molar-refractivity contribution in [1.29, 1.82) is 0 Å². The van der Waals surface area contributed by atoms with E-state index < -0.39 is 5.97 Å². The zero-order valence-electron chi connectivity index (χ0n) is 15.8. The minimum atomic E-state index is -1.04. The molecule has 2 aromatic carbocycles. The van der Waals surface area contributed by atoms with Crippen molar-refractivity contribution in [3.05, 3.63) is 76.2 Å². The van der Waals surface area contributed by atoms with Crippen LogP contribution in [-0.4, -0.2) is 22.2 Å². The number of carboxylic acid groups (broad SMARTS) is 1. The second-order valence-corrected chi connectivity index (χ2v) is 7.81. The van der Waals surface area contributed by atoms with E-state index in [1.165, 1.54) is 4.57 Å². The molecule has 0 bridgehead atoms. The third kappa shape index (κ3) is 3.93. The lowest BCUT2D eigenvalue weighted by atomic mass is 9.96. The third-order valence-corrected chi connectivity index (χ3v) is 4.36. The molecule has 27 heavy (non-hydrogen) atoms. The molecular formula is C22H24N2O3. The van der Waals surface area contributed by atoms with Gasteiger partial charge in [-0.05, 0) is 23.6 Å². The second kappa shape index (κ2) is 7.37. The van der Waals surface area contributed by atoms with E-state index in [9.17, 15) is 14.7 Å². The molecule has 0 atom stereocenters. The number of pyridine rings is 1. The second-order valence-electron chi connectivity index (χ2n) is 7.81. The minimum Gasteiger partial charge on any atom is -0.478 e. The van der Waals surface area contributed by atoms with Gasteiger partial charge >= 0.3 is 5.97 Å². The molecule has 0 fully saturated rings. The molecule has 0 aliphatic heterocycles. The van der Waals surface area contributed by atoms with Gasteiger partial charge in [0.15, 0.2) is 0 Å². The first kappa shape index (κ1) is 18.9. The number of hydrogen-bond acceptors (Lipinski definition) is 3. The first-order valence-electron chi connectivity index (χ1n) is 8.95. The summed E-state index contributed by atoms with van der Waals surface area (Å²) in [6.45, 7) is 7.28. The number of benzene rings is 2. The standard InChI is InChI=1S/C22H24N2O3/c1-22(2,3)14-23-13-18-19(21(26)27)16-11-7-8-12-17(16)20(25)24(18)15-9-5-4-6-10-15/h4-12,23H,13-14H2,1-3H3,(H,26,27). The molecule has 3 aromatic rings. The molecule has 0 saturated heterocycles. The molecule has 2 N–H and O–H groups in total. The Kier molecular flexibility index (Phi) is 5.15. The number of hydrogen-bond donors (Lipinski definition) is 2. The van der Waals surface area contributed by atoms with Gasteiger partial charge in [-0.25, -0.2) is 4.79 Å². The molecule has 0 aliphatic rings. The zero-order chi connectivity index (χ0) is 19.6. The summed E-state index contributed by atoms with van der Waals surface area (Å²) in [4.78, 5) is 25.4. The molecule has 5 nitrogen and oxygen atoms in total. The molecule has 0 aliphatic carbocycles. The number of carbonyl (C=O) groups is 1. The van der Waals surface area contributed by atoms with Gasteiger partial charge in [-0.2, -0.15) is 0 Å². The highest BCUT2D eigenvalue weighted by Crippen LogP contribution is 2.23. The lowest BCUT2D eigenvalue weighted by Crippen LogP contribution is -2.32. The van der Waals surface area contributed by atoms with Gasteiger partial charge in [-0.1, -0.05) is 57.2 Å². The number of nitrogens with one attached hydrogen (secondary N) is 1. The highest BCUT2D eigenvalue weighted by molar-refractivity contribution is 6.04. The van der Waals surface area contributed by atoms with Crippen LogP contribution in [0.25, 0.3) is 16.5 Å². The maximum atomic E-state index is 13.2. The van der Waals surface area contributed by atoms with Crippen molar-refractivity contribution in [1.82, 2.24) is 9.88 Å². The topological polar surface area (TPSA) is 71.3 Å². The first-order chi connectivity index (χ1) is 12.8. The van der Waals surface area contributed by atoms with Gasteiger partial charge in [-0.3, -0.25) is 9.36 Å². The fourth-order valence-corrected chi connectivity index (χ4v) is 3.21. The number of fused-ring (bicyclic) bond motifs is 1. The molecular weight excluding hydrogens is 340 g/mol. The Balaban J connectivity index is 2.29. The smallest absolute Gasteiger partial charge is 0.338 e. The van der Waals surface area contributed by atoms with E-state index in [1.807, 2.05) is 30.3 Å². The Morgan fingerprint density at radius 1 is 1.00 bits per heavy atom. The molecule has 140 valence electrons. The van der Waals surface area contributed by atoms with E-state index in [4.69, 9.17) is 0 Å². The van der Waals surface area contributed by atoms with Crippen LogP contribution in [0.2, 0.25) is 0 Å². The molecule has 0 spiro atoms. The Bertz CT molecular complexity index is 1030. The number of carboxylic acids is 1. The number of rotatable bonds is 5. The Labute approximate surface area is 158 Å². The quantitative estimate of drug-likeness (QED) is 0.722. The van der Waals surface area contributed by atoms with E-state index in [0.29, 0.717) is 28.7 Å². The minimum absolute atomic E-state index is 0.0398. The van der Waals surface area contributed by atoms with E-state index in [0.717, 1.165) is 0 Å². The molecule has 1 heterocycles. The van der Waals surface area contributed by atoms with Crippen LogP contribution in [0, 0.1) is 5.41 Å². The lowest BCUT2D eigenvalue weighted by molar-refractivity contribution is 0.0697. The van der Waals surface area contributed by atoms with E-state index in [2.05, 4.69) is 26.1 Å². The summed E-state index contributed by atoms with van der Waals surface area (Å²) in [6.07, 6.45) is 0. The number of aromatic carboxylic acids is 1. The molecule has 3 rings (SSSR count). The summed E-state index contributed by atoms with van der Waals surface area (Å²) < 4.78 is 1.52. The van der Waals surface area contributed by atoms with Crippen molar-refractivity contribution in [2.24, 2.45) is 5.41 Å². The fraction of sp³-hybridized carbons (Fsp3) is 0.273. The summed E-state index contributed by atoms with van der Waals surface area (Å²) in [5.41, 5.74) is 1.10. The van der Waals surface area contributed by atoms with Gasteiger partial charge in [0.2, 0.25) is 0 Å². The number of aromatic nitrogens is 1. The van der Waals surface area contributed by atoms with Gasteiger partial charge in [-0.15, -0.1) is 0 Å². The molecule has 1 aromatic heterocycles. The molecule has 0 amide bonds. The van der Waals surface area contributed by atoms with Crippen LogP contribution in [0.4, 0.5) is 0 Å². The molecule has 0 radical (unpaired) electrons. The van der Waals surface area contributed by atoms with Gasteiger partial charge in [0, 0.05) is 29.5 Å². The van der Waals surface area contributed by atoms with Crippen molar-refractivity contribution in [2.45, 2.75) is 27.3 Å². The van der Waals surface area contributed by atoms with Crippen LogP contribution >= 0.6 is 0 Å². The van der Waals surface area contributed by atoms with Gasteiger partial charge < -0.3 is 10.4 Å². The molecule has 0 unspecified atom stereocenters. The summed E-state index contributed by atoms with van der Waals surface area (Å²) in [5, 5.41) is 14.1. The van der Waals surface area contributed by atoms with E-state index in [1.54, 1.807) is 24.3 Å². The van der Waals surface area contributed by atoms with Crippen LogP contribution in [-0.2, 0) is 6.54 Å². The Morgan fingerprint density at radius 3 is 2.19 bits per heavy atom. The van der Waals surface area contributed by atoms with Crippen LogP contribution in [0.3, 0.4) is 0 Å². The fourth-order valence-electron chi connectivity index (χ4n) is 3.21. The summed E-state index contributed by atoms with van der Waals surface area (Å²) in [7, 11) is 0. The lowest BCUT2D eigenvalue weighted by Gasteiger charge is -2.22. The van der Waals surface area contributed by atoms with Crippen LogP contribution < -0.4 is 10.9 Å². The average Bonchev–Trinajstić information content (AvgIpc) is 2.61. The number of para-hydroxylation sites is 1. The zero-order valence-corrected chi connectivity index (χ0v) is 15.8. The van der Waals surface area contributed by atoms with Crippen LogP contribution in [0.15, 0.2) is 59.4 Å². The number of nitrogens with zero attached hydrogens (tertiary/aromatic N) is 1. The van der Waals surface area contributed by atoms with E-state index >= 15 is 0 Å². The van der Waals surface area contributed by atoms with Gasteiger partial charge in [0.25, 0.3) is 5.56 Å². The van der Waals surface area contributed by atoms with Gasteiger partial charge in [0.1, 0.15) is 0 Å². The summed E-state index contributed by atoms with van der Waals surface area (Å²) in [6, 6.07) is 16.1. The van der Waals surface area contributed by atoms with E-state index in [-0.39, 0.29) is 23.1 Å². The van der Waals surface area contributed by atoms with Gasteiger partial charge in [0.05, 0.1) is 11.3 Å². The molecule has 5 heteroatoms. The molecule has 0 saturated carbocycles. The normalized spacial score (nSPS) is 11.7. The van der Waals surface area contributed by atoms with Crippen molar-refractivity contribution in [3.8, 4) is 5.69 Å². The summed E-state index contributed by atoms with van der Waals surface area (Å²) >= 11 is 0. The van der Waals surface area contributed by atoms with Crippen molar-refractivity contribution < 1.29 is 9.90 Å². The monoisotopic (exact) mass is 364 g/mol. The Morgan fingerprint density at radius 2 is 1.59 bits per heavy atom.